The van der Waals surface area contributed by atoms with Crippen LogP contribution < -0.4 is 20.6 Å². The van der Waals surface area contributed by atoms with Crippen LogP contribution in [0, 0.1) is 13.8 Å². The molecule has 1 atom stereocenters. The van der Waals surface area contributed by atoms with Crippen LogP contribution in [0.3, 0.4) is 0 Å². The van der Waals surface area contributed by atoms with Gasteiger partial charge in [-0.15, -0.1) is 0 Å². The first-order valence-electron chi connectivity index (χ1n) is 9.18. The highest BCUT2D eigenvalue weighted by atomic mass is 16.5. The van der Waals surface area contributed by atoms with Crippen molar-refractivity contribution in [2.24, 2.45) is 0 Å². The number of carbonyl (C=O) groups excluding carboxylic acids is 2. The van der Waals surface area contributed by atoms with Crippen LogP contribution in [0.1, 0.15) is 29.8 Å². The lowest BCUT2D eigenvalue weighted by Gasteiger charge is -2.19. The standard InChI is InChI=1S/C20H24N4O4/c1-12-15(13(2)22-20(27)21-12)8-9-18(25)23-14-10-19(26)24(11-14)16-6-4-5-7-17(16)28-3/h4-7,14H,8-11H2,1-3H3,(H,23,25)(H,21,22,27)/t14-/m1/s1. The van der Waals surface area contributed by atoms with Gasteiger partial charge in [0.05, 0.1) is 18.8 Å². The summed E-state index contributed by atoms with van der Waals surface area (Å²) in [7, 11) is 1.56. The molecule has 2 amide bonds. The van der Waals surface area contributed by atoms with E-state index in [1.54, 1.807) is 31.9 Å². The number of rotatable bonds is 6. The van der Waals surface area contributed by atoms with Crippen molar-refractivity contribution in [1.29, 1.82) is 0 Å². The van der Waals surface area contributed by atoms with Crippen molar-refractivity contribution in [1.82, 2.24) is 15.3 Å². The van der Waals surface area contributed by atoms with Gasteiger partial charge >= 0.3 is 5.69 Å². The number of H-pyrrole nitrogens is 1. The molecular formula is C20H24N4O4. The van der Waals surface area contributed by atoms with E-state index in [2.05, 4.69) is 15.3 Å². The molecule has 1 fully saturated rings. The van der Waals surface area contributed by atoms with E-state index in [0.717, 1.165) is 11.3 Å². The van der Waals surface area contributed by atoms with Gasteiger partial charge in [-0.3, -0.25) is 9.59 Å². The highest BCUT2D eigenvalue weighted by Crippen LogP contribution is 2.31. The van der Waals surface area contributed by atoms with Gasteiger partial charge in [0.2, 0.25) is 11.8 Å². The Labute approximate surface area is 162 Å². The average Bonchev–Trinajstić information content (AvgIpc) is 3.00. The van der Waals surface area contributed by atoms with E-state index in [0.29, 0.717) is 30.1 Å². The van der Waals surface area contributed by atoms with Gasteiger partial charge in [-0.05, 0) is 38.0 Å². The molecule has 3 rings (SSSR count). The Morgan fingerprint density at radius 3 is 2.79 bits per heavy atom. The second kappa shape index (κ2) is 8.24. The molecule has 1 aromatic carbocycles. The van der Waals surface area contributed by atoms with Gasteiger partial charge in [0.1, 0.15) is 5.75 Å². The molecule has 148 valence electrons. The zero-order valence-corrected chi connectivity index (χ0v) is 16.2. The monoisotopic (exact) mass is 384 g/mol. The minimum Gasteiger partial charge on any atom is -0.495 e. The molecule has 1 aliphatic heterocycles. The number of ether oxygens (including phenoxy) is 1. The zero-order valence-electron chi connectivity index (χ0n) is 16.2. The Bertz CT molecular complexity index is 927. The molecule has 8 heteroatoms. The van der Waals surface area contributed by atoms with Crippen LogP contribution >= 0.6 is 0 Å². The Balaban J connectivity index is 1.60. The Morgan fingerprint density at radius 2 is 2.07 bits per heavy atom. The van der Waals surface area contributed by atoms with Gasteiger partial charge in [0.15, 0.2) is 0 Å². The summed E-state index contributed by atoms with van der Waals surface area (Å²) < 4.78 is 5.33. The SMILES string of the molecule is COc1ccccc1N1C[C@H](NC(=O)CCc2c(C)nc(=O)[nH]c2C)CC1=O. The maximum absolute atomic E-state index is 12.4. The van der Waals surface area contributed by atoms with Crippen molar-refractivity contribution in [2.45, 2.75) is 39.2 Å². The lowest BCUT2D eigenvalue weighted by molar-refractivity contribution is -0.121. The molecule has 1 aliphatic rings. The van der Waals surface area contributed by atoms with E-state index in [-0.39, 0.29) is 36.4 Å². The molecule has 0 aliphatic carbocycles. The summed E-state index contributed by atoms with van der Waals surface area (Å²) in [6, 6.07) is 7.07. The number of aromatic nitrogens is 2. The number of para-hydroxylation sites is 2. The van der Waals surface area contributed by atoms with Crippen LogP contribution in [0.5, 0.6) is 5.75 Å². The number of aromatic amines is 1. The van der Waals surface area contributed by atoms with Crippen LogP contribution in [0.15, 0.2) is 29.1 Å². The van der Waals surface area contributed by atoms with E-state index in [4.69, 9.17) is 4.74 Å². The highest BCUT2D eigenvalue weighted by molar-refractivity contribution is 5.98. The smallest absolute Gasteiger partial charge is 0.345 e. The third-order valence-electron chi connectivity index (χ3n) is 4.92. The maximum atomic E-state index is 12.4. The molecule has 2 heterocycles. The quantitative estimate of drug-likeness (QED) is 0.780. The molecule has 1 aromatic heterocycles. The van der Waals surface area contributed by atoms with Crippen molar-refractivity contribution < 1.29 is 14.3 Å². The molecule has 0 saturated carbocycles. The van der Waals surface area contributed by atoms with E-state index >= 15 is 0 Å². The average molecular weight is 384 g/mol. The predicted molar refractivity (Wildman–Crippen MR) is 105 cm³/mol. The number of amides is 2. The second-order valence-corrected chi connectivity index (χ2v) is 6.88. The lowest BCUT2D eigenvalue weighted by atomic mass is 10.1. The van der Waals surface area contributed by atoms with Gasteiger partial charge < -0.3 is 19.9 Å². The molecule has 0 unspecified atom stereocenters. The summed E-state index contributed by atoms with van der Waals surface area (Å²) in [6.07, 6.45) is 0.987. The van der Waals surface area contributed by atoms with Gasteiger partial charge in [0, 0.05) is 30.8 Å². The molecule has 28 heavy (non-hydrogen) atoms. The number of methoxy groups -OCH3 is 1. The number of hydrogen-bond acceptors (Lipinski definition) is 5. The summed E-state index contributed by atoms with van der Waals surface area (Å²) >= 11 is 0. The first kappa shape index (κ1) is 19.6. The van der Waals surface area contributed by atoms with Gasteiger partial charge in [0.25, 0.3) is 0 Å². The number of nitrogens with one attached hydrogen (secondary N) is 2. The molecule has 1 saturated heterocycles. The Kier molecular flexibility index (Phi) is 5.77. The molecule has 8 nitrogen and oxygen atoms in total. The first-order valence-corrected chi connectivity index (χ1v) is 9.18. The van der Waals surface area contributed by atoms with Crippen molar-refractivity contribution in [3.05, 3.63) is 51.7 Å². The molecule has 2 N–H and O–H groups in total. The predicted octanol–water partition coefficient (Wildman–Crippen LogP) is 1.25. The first-order chi connectivity index (χ1) is 13.4. The summed E-state index contributed by atoms with van der Waals surface area (Å²) in [4.78, 5) is 44.3. The van der Waals surface area contributed by atoms with Gasteiger partial charge in [-0.2, -0.15) is 4.98 Å². The van der Waals surface area contributed by atoms with Crippen molar-refractivity contribution in [2.75, 3.05) is 18.6 Å². The van der Waals surface area contributed by atoms with Crippen molar-refractivity contribution in [3.63, 3.8) is 0 Å². The topological polar surface area (TPSA) is 104 Å². The minimum atomic E-state index is -0.385. The van der Waals surface area contributed by atoms with E-state index in [9.17, 15) is 14.4 Å². The fourth-order valence-electron chi connectivity index (χ4n) is 3.55. The van der Waals surface area contributed by atoms with Gasteiger partial charge in [-0.1, -0.05) is 12.1 Å². The third-order valence-corrected chi connectivity index (χ3v) is 4.92. The highest BCUT2D eigenvalue weighted by Gasteiger charge is 2.32. The maximum Gasteiger partial charge on any atom is 0.345 e. The number of carbonyl (C=O) groups is 2. The number of hydrogen-bond donors (Lipinski definition) is 2. The fraction of sp³-hybridized carbons (Fsp3) is 0.400. The Hall–Kier alpha value is -3.16. The normalized spacial score (nSPS) is 16.3. The minimum absolute atomic E-state index is 0.0497. The molecule has 0 radical (unpaired) electrons. The van der Waals surface area contributed by atoms with Crippen LogP contribution in [0.25, 0.3) is 0 Å². The summed E-state index contributed by atoms with van der Waals surface area (Å²) in [5.74, 6) is 0.440. The van der Waals surface area contributed by atoms with Crippen LogP contribution in [-0.4, -0.2) is 41.5 Å². The van der Waals surface area contributed by atoms with Gasteiger partial charge in [-0.25, -0.2) is 4.79 Å². The number of benzene rings is 1. The third kappa shape index (κ3) is 4.21. The van der Waals surface area contributed by atoms with Crippen LogP contribution in [-0.2, 0) is 16.0 Å². The molecule has 2 aromatic rings. The van der Waals surface area contributed by atoms with Crippen molar-refractivity contribution in [3.8, 4) is 5.75 Å². The summed E-state index contributed by atoms with van der Waals surface area (Å²) in [5, 5.41) is 2.93. The number of nitrogens with zero attached hydrogens (tertiary/aromatic N) is 2. The van der Waals surface area contributed by atoms with E-state index < -0.39 is 0 Å². The lowest BCUT2D eigenvalue weighted by Crippen LogP contribution is -2.37. The fourth-order valence-corrected chi connectivity index (χ4v) is 3.55. The van der Waals surface area contributed by atoms with E-state index in [1.165, 1.54) is 0 Å². The Morgan fingerprint density at radius 1 is 1.32 bits per heavy atom. The molecular weight excluding hydrogens is 360 g/mol. The summed E-state index contributed by atoms with van der Waals surface area (Å²) in [5.41, 5.74) is 2.55. The largest absolute Gasteiger partial charge is 0.495 e. The van der Waals surface area contributed by atoms with Crippen LogP contribution in [0.4, 0.5) is 5.69 Å². The number of aryl methyl sites for hydroxylation is 2. The molecule has 0 spiro atoms. The number of anilines is 1. The van der Waals surface area contributed by atoms with Crippen molar-refractivity contribution >= 4 is 17.5 Å². The zero-order chi connectivity index (χ0) is 20.3. The molecule has 0 bridgehead atoms. The second-order valence-electron chi connectivity index (χ2n) is 6.88. The van der Waals surface area contributed by atoms with E-state index in [1.807, 2.05) is 18.2 Å². The van der Waals surface area contributed by atoms with Crippen LogP contribution in [0.2, 0.25) is 0 Å². The summed E-state index contributed by atoms with van der Waals surface area (Å²) in [6.45, 7) is 3.96.